The van der Waals surface area contributed by atoms with Gasteiger partial charge in [0.15, 0.2) is 0 Å². The molecular weight excluding hydrogens is 222 g/mol. The maximum absolute atomic E-state index is 9.16. The molecule has 0 heterocycles. The van der Waals surface area contributed by atoms with Gasteiger partial charge in [-0.25, -0.2) is 0 Å². The molecule has 0 rings (SSSR count). The molecule has 0 saturated heterocycles. The van der Waals surface area contributed by atoms with Crippen LogP contribution in [0.15, 0.2) is 0 Å². The second-order valence-corrected chi connectivity index (χ2v) is 5.79. The minimum Gasteiger partial charge on any atom is -0.379 e. The van der Waals surface area contributed by atoms with Crippen LogP contribution in [0.4, 0.5) is 0 Å². The van der Waals surface area contributed by atoms with Crippen LogP contribution in [0.1, 0.15) is 90.9 Å². The molecule has 0 aromatic carbocycles. The van der Waals surface area contributed by atoms with Crippen molar-refractivity contribution in [3.63, 3.8) is 0 Å². The number of nitrogens with two attached hydrogens (primary N) is 1. The Balaban J connectivity index is 3.03. The standard InChI is InChI=1S/C16H35NO/c1-3-4-5-6-7-8-9-10-11-12-13-14-15(2)16(17)18/h15-16,18H,3-14,17H2,1-2H3. The van der Waals surface area contributed by atoms with E-state index in [9.17, 15) is 0 Å². The highest BCUT2D eigenvalue weighted by molar-refractivity contribution is 4.58. The minimum atomic E-state index is -0.631. The normalized spacial score (nSPS) is 14.7. The van der Waals surface area contributed by atoms with Crippen molar-refractivity contribution in [3.8, 4) is 0 Å². The lowest BCUT2D eigenvalue weighted by molar-refractivity contribution is 0.117. The fourth-order valence-corrected chi connectivity index (χ4v) is 2.30. The van der Waals surface area contributed by atoms with Crippen molar-refractivity contribution in [2.24, 2.45) is 11.7 Å². The fourth-order valence-electron chi connectivity index (χ4n) is 2.30. The van der Waals surface area contributed by atoms with Gasteiger partial charge in [-0.3, -0.25) is 0 Å². The molecule has 0 fully saturated rings. The van der Waals surface area contributed by atoms with Gasteiger partial charge in [-0.2, -0.15) is 0 Å². The van der Waals surface area contributed by atoms with Gasteiger partial charge in [0.05, 0.1) is 0 Å². The molecule has 2 atom stereocenters. The molecule has 0 aliphatic heterocycles. The number of aliphatic hydroxyl groups is 1. The van der Waals surface area contributed by atoms with Gasteiger partial charge in [0.25, 0.3) is 0 Å². The van der Waals surface area contributed by atoms with Gasteiger partial charge in [0.1, 0.15) is 6.23 Å². The van der Waals surface area contributed by atoms with Crippen molar-refractivity contribution in [1.29, 1.82) is 0 Å². The Morgan fingerprint density at radius 3 is 1.56 bits per heavy atom. The summed E-state index contributed by atoms with van der Waals surface area (Å²) in [4.78, 5) is 0. The summed E-state index contributed by atoms with van der Waals surface area (Å²) < 4.78 is 0. The number of hydrogen-bond acceptors (Lipinski definition) is 2. The highest BCUT2D eigenvalue weighted by Crippen LogP contribution is 2.14. The molecule has 0 saturated carbocycles. The van der Waals surface area contributed by atoms with Crippen molar-refractivity contribution in [2.75, 3.05) is 0 Å². The first-order chi connectivity index (χ1) is 8.68. The van der Waals surface area contributed by atoms with Crippen LogP contribution in [0.5, 0.6) is 0 Å². The number of rotatable bonds is 13. The summed E-state index contributed by atoms with van der Waals surface area (Å²) in [5, 5.41) is 9.16. The Morgan fingerprint density at radius 2 is 1.17 bits per heavy atom. The molecular formula is C16H35NO. The Morgan fingerprint density at radius 1 is 0.778 bits per heavy atom. The molecule has 110 valence electrons. The van der Waals surface area contributed by atoms with Crippen LogP contribution in [0.25, 0.3) is 0 Å². The van der Waals surface area contributed by atoms with Crippen LogP contribution >= 0.6 is 0 Å². The molecule has 2 heteroatoms. The van der Waals surface area contributed by atoms with E-state index in [1.165, 1.54) is 70.6 Å². The average Bonchev–Trinajstić information content (AvgIpc) is 2.35. The van der Waals surface area contributed by atoms with Crippen molar-refractivity contribution < 1.29 is 5.11 Å². The van der Waals surface area contributed by atoms with Crippen molar-refractivity contribution in [2.45, 2.75) is 97.1 Å². The molecule has 2 nitrogen and oxygen atoms in total. The van der Waals surface area contributed by atoms with E-state index in [1.54, 1.807) is 0 Å². The van der Waals surface area contributed by atoms with Crippen LogP contribution in [-0.2, 0) is 0 Å². The lowest BCUT2D eigenvalue weighted by atomic mass is 10.0. The van der Waals surface area contributed by atoms with Gasteiger partial charge in [-0.1, -0.05) is 84.5 Å². The number of hydrogen-bond donors (Lipinski definition) is 2. The molecule has 0 aliphatic rings. The van der Waals surface area contributed by atoms with E-state index in [-0.39, 0.29) is 5.92 Å². The van der Waals surface area contributed by atoms with Crippen LogP contribution in [0.2, 0.25) is 0 Å². The number of aliphatic hydroxyl groups excluding tert-OH is 1. The second kappa shape index (κ2) is 13.4. The summed E-state index contributed by atoms with van der Waals surface area (Å²) in [6, 6.07) is 0. The quantitative estimate of drug-likeness (QED) is 0.374. The molecule has 0 aromatic rings. The third-order valence-electron chi connectivity index (χ3n) is 3.85. The first kappa shape index (κ1) is 17.9. The number of unbranched alkanes of at least 4 members (excludes halogenated alkanes) is 10. The summed E-state index contributed by atoms with van der Waals surface area (Å²) in [5.74, 6) is 0.253. The molecule has 0 aromatic heterocycles. The summed E-state index contributed by atoms with van der Waals surface area (Å²) in [6.45, 7) is 4.30. The van der Waals surface area contributed by atoms with E-state index >= 15 is 0 Å². The van der Waals surface area contributed by atoms with Gasteiger partial charge in [0, 0.05) is 0 Å². The minimum absolute atomic E-state index is 0.253. The Labute approximate surface area is 114 Å². The van der Waals surface area contributed by atoms with Crippen LogP contribution in [0, 0.1) is 5.92 Å². The first-order valence-corrected chi connectivity index (χ1v) is 8.12. The van der Waals surface area contributed by atoms with Gasteiger partial charge in [-0.05, 0) is 12.3 Å². The van der Waals surface area contributed by atoms with E-state index < -0.39 is 6.23 Å². The SMILES string of the molecule is CCCCCCCCCCCCCC(C)C(N)O. The predicted molar refractivity (Wildman–Crippen MR) is 80.4 cm³/mol. The third kappa shape index (κ3) is 12.4. The van der Waals surface area contributed by atoms with Gasteiger partial charge >= 0.3 is 0 Å². The second-order valence-electron chi connectivity index (χ2n) is 5.79. The van der Waals surface area contributed by atoms with Gasteiger partial charge in [0.2, 0.25) is 0 Å². The molecule has 3 N–H and O–H groups in total. The topological polar surface area (TPSA) is 46.2 Å². The highest BCUT2D eigenvalue weighted by atomic mass is 16.3. The third-order valence-corrected chi connectivity index (χ3v) is 3.85. The Bertz CT molecular complexity index is 159. The van der Waals surface area contributed by atoms with Crippen LogP contribution in [0.3, 0.4) is 0 Å². The molecule has 2 unspecified atom stereocenters. The highest BCUT2D eigenvalue weighted by Gasteiger charge is 2.07. The van der Waals surface area contributed by atoms with Crippen molar-refractivity contribution in [1.82, 2.24) is 0 Å². The Kier molecular flexibility index (Phi) is 13.3. The molecule has 0 aliphatic carbocycles. The van der Waals surface area contributed by atoms with E-state index in [2.05, 4.69) is 6.92 Å². The van der Waals surface area contributed by atoms with Gasteiger partial charge < -0.3 is 10.8 Å². The summed E-state index contributed by atoms with van der Waals surface area (Å²) in [5.41, 5.74) is 5.42. The smallest absolute Gasteiger partial charge is 0.104 e. The van der Waals surface area contributed by atoms with E-state index in [0.29, 0.717) is 0 Å². The van der Waals surface area contributed by atoms with Crippen LogP contribution < -0.4 is 5.73 Å². The zero-order valence-corrected chi connectivity index (χ0v) is 12.7. The molecule has 0 radical (unpaired) electrons. The van der Waals surface area contributed by atoms with E-state index in [0.717, 1.165) is 6.42 Å². The monoisotopic (exact) mass is 257 g/mol. The zero-order valence-electron chi connectivity index (χ0n) is 12.7. The van der Waals surface area contributed by atoms with Crippen molar-refractivity contribution >= 4 is 0 Å². The maximum atomic E-state index is 9.16. The predicted octanol–water partition coefficient (Wildman–Crippen LogP) is 4.60. The lowest BCUT2D eigenvalue weighted by Gasteiger charge is -2.13. The molecule has 18 heavy (non-hydrogen) atoms. The van der Waals surface area contributed by atoms with E-state index in [4.69, 9.17) is 10.8 Å². The first-order valence-electron chi connectivity index (χ1n) is 8.12. The fraction of sp³-hybridized carbons (Fsp3) is 1.00. The maximum Gasteiger partial charge on any atom is 0.104 e. The zero-order chi connectivity index (χ0) is 13.6. The molecule has 0 amide bonds. The summed E-state index contributed by atoms with van der Waals surface area (Å²) in [6.07, 6.45) is 15.5. The largest absolute Gasteiger partial charge is 0.379 e. The van der Waals surface area contributed by atoms with E-state index in [1.807, 2.05) is 6.92 Å². The Hall–Kier alpha value is -0.0800. The van der Waals surface area contributed by atoms with Crippen molar-refractivity contribution in [3.05, 3.63) is 0 Å². The molecule has 0 spiro atoms. The van der Waals surface area contributed by atoms with Gasteiger partial charge in [-0.15, -0.1) is 0 Å². The average molecular weight is 257 g/mol. The summed E-state index contributed by atoms with van der Waals surface area (Å²) in [7, 11) is 0. The lowest BCUT2D eigenvalue weighted by Crippen LogP contribution is -2.27. The summed E-state index contributed by atoms with van der Waals surface area (Å²) >= 11 is 0. The molecule has 0 bridgehead atoms. The van der Waals surface area contributed by atoms with Crippen LogP contribution in [-0.4, -0.2) is 11.3 Å².